The van der Waals surface area contributed by atoms with Crippen LogP contribution in [0.4, 0.5) is 0 Å². The average Bonchev–Trinajstić information content (AvgIpc) is 2.28. The first kappa shape index (κ1) is 13.2. The van der Waals surface area contributed by atoms with E-state index < -0.39 is 23.5 Å². The molecule has 1 rings (SSSR count). The van der Waals surface area contributed by atoms with Gasteiger partial charge in [0.25, 0.3) is 5.56 Å². The molecule has 0 fully saturated rings. The second-order valence-electron chi connectivity index (χ2n) is 3.60. The van der Waals surface area contributed by atoms with Crippen LogP contribution in [0.1, 0.15) is 18.6 Å². The van der Waals surface area contributed by atoms with Gasteiger partial charge >= 0.3 is 0 Å². The Hall–Kier alpha value is -1.86. The molecule has 0 aliphatic rings. The maximum absolute atomic E-state index is 10.9. The molecule has 0 aromatic carbocycles. The van der Waals surface area contributed by atoms with Gasteiger partial charge in [-0.2, -0.15) is 0 Å². The zero-order valence-corrected chi connectivity index (χ0v) is 9.17. The zero-order chi connectivity index (χ0) is 13.0. The van der Waals surface area contributed by atoms with Crippen molar-refractivity contribution in [3.05, 3.63) is 28.2 Å². The molecule has 0 bridgehead atoms. The minimum Gasteiger partial charge on any atom is -0.503 e. The fourth-order valence-corrected chi connectivity index (χ4v) is 1.24. The van der Waals surface area contributed by atoms with Gasteiger partial charge in [0, 0.05) is 25.2 Å². The van der Waals surface area contributed by atoms with Crippen LogP contribution in [-0.4, -0.2) is 38.9 Å². The normalized spacial score (nSPS) is 14.1. The summed E-state index contributed by atoms with van der Waals surface area (Å²) in [5.41, 5.74) is -0.530. The fraction of sp³-hybridized carbons (Fsp3) is 0.400. The number of H-pyrrole nitrogens is 1. The van der Waals surface area contributed by atoms with E-state index in [9.17, 15) is 19.8 Å². The molecule has 7 nitrogen and oxygen atoms in total. The summed E-state index contributed by atoms with van der Waals surface area (Å²) in [4.78, 5) is 23.7. The predicted molar refractivity (Wildman–Crippen MR) is 58.4 cm³/mol. The first-order valence-corrected chi connectivity index (χ1v) is 4.94. The van der Waals surface area contributed by atoms with Crippen molar-refractivity contribution in [1.29, 1.82) is 0 Å². The molecular formula is C10H14N2O5. The Kier molecular flexibility index (Phi) is 4.24. The number of rotatable bonds is 4. The minimum atomic E-state index is -1.32. The molecule has 1 aromatic heterocycles. The molecule has 0 saturated carbocycles. The first-order valence-electron chi connectivity index (χ1n) is 4.94. The van der Waals surface area contributed by atoms with Crippen molar-refractivity contribution < 1.29 is 20.1 Å². The van der Waals surface area contributed by atoms with E-state index in [1.54, 1.807) is 0 Å². The lowest BCUT2D eigenvalue weighted by Crippen LogP contribution is -2.34. The quantitative estimate of drug-likeness (QED) is 0.445. The van der Waals surface area contributed by atoms with E-state index in [0.29, 0.717) is 0 Å². The SMILES string of the molecule is CC(=O)NCC(O)C(O)c1c[nH]c(=O)c(O)c1. The Morgan fingerprint density at radius 3 is 2.71 bits per heavy atom. The number of carbonyl (C=O) groups is 1. The van der Waals surface area contributed by atoms with Crippen LogP contribution in [-0.2, 0) is 4.79 Å². The highest BCUT2D eigenvalue weighted by atomic mass is 16.3. The first-order chi connectivity index (χ1) is 7.91. The van der Waals surface area contributed by atoms with Crippen LogP contribution in [0.2, 0.25) is 0 Å². The number of amides is 1. The number of carbonyl (C=O) groups excluding carboxylic acids is 1. The molecule has 2 unspecified atom stereocenters. The summed E-state index contributed by atoms with van der Waals surface area (Å²) in [5, 5.41) is 30.7. The summed E-state index contributed by atoms with van der Waals surface area (Å²) in [7, 11) is 0. The third kappa shape index (κ3) is 3.58. The van der Waals surface area contributed by atoms with Crippen LogP contribution in [0.15, 0.2) is 17.1 Å². The molecule has 1 amide bonds. The van der Waals surface area contributed by atoms with Gasteiger partial charge in [-0.1, -0.05) is 0 Å². The highest BCUT2D eigenvalue weighted by molar-refractivity contribution is 5.72. The molecular weight excluding hydrogens is 228 g/mol. The van der Waals surface area contributed by atoms with Crippen LogP contribution in [0.25, 0.3) is 0 Å². The number of nitrogens with one attached hydrogen (secondary N) is 2. The highest BCUT2D eigenvalue weighted by Gasteiger charge is 2.19. The molecule has 0 spiro atoms. The monoisotopic (exact) mass is 242 g/mol. The number of aliphatic hydroxyl groups excluding tert-OH is 2. The Balaban J connectivity index is 2.74. The van der Waals surface area contributed by atoms with E-state index in [4.69, 9.17) is 5.11 Å². The van der Waals surface area contributed by atoms with E-state index >= 15 is 0 Å². The Bertz CT molecular complexity index is 456. The molecule has 0 aliphatic carbocycles. The van der Waals surface area contributed by atoms with Crippen LogP contribution in [0.5, 0.6) is 5.75 Å². The molecule has 17 heavy (non-hydrogen) atoms. The van der Waals surface area contributed by atoms with Gasteiger partial charge < -0.3 is 25.6 Å². The van der Waals surface area contributed by atoms with Gasteiger partial charge in [-0.3, -0.25) is 9.59 Å². The van der Waals surface area contributed by atoms with Gasteiger partial charge in [-0.25, -0.2) is 0 Å². The number of aliphatic hydroxyl groups is 2. The molecule has 94 valence electrons. The number of pyridine rings is 1. The average molecular weight is 242 g/mol. The second-order valence-corrected chi connectivity index (χ2v) is 3.60. The van der Waals surface area contributed by atoms with Crippen LogP contribution in [0, 0.1) is 0 Å². The van der Waals surface area contributed by atoms with Crippen molar-refractivity contribution >= 4 is 5.91 Å². The maximum atomic E-state index is 10.9. The number of hydrogen-bond acceptors (Lipinski definition) is 5. The Morgan fingerprint density at radius 2 is 2.18 bits per heavy atom. The van der Waals surface area contributed by atoms with Gasteiger partial charge in [-0.15, -0.1) is 0 Å². The van der Waals surface area contributed by atoms with Crippen molar-refractivity contribution in [2.75, 3.05) is 6.54 Å². The summed E-state index contributed by atoms with van der Waals surface area (Å²) < 4.78 is 0. The molecule has 2 atom stereocenters. The molecule has 0 aliphatic heterocycles. The summed E-state index contributed by atoms with van der Waals surface area (Å²) >= 11 is 0. The molecule has 0 radical (unpaired) electrons. The number of hydrogen-bond donors (Lipinski definition) is 5. The minimum absolute atomic E-state index is 0.129. The maximum Gasteiger partial charge on any atom is 0.290 e. The number of aromatic nitrogens is 1. The third-order valence-electron chi connectivity index (χ3n) is 2.17. The van der Waals surface area contributed by atoms with Crippen molar-refractivity contribution in [3.8, 4) is 5.75 Å². The van der Waals surface area contributed by atoms with E-state index in [1.807, 2.05) is 0 Å². The second kappa shape index (κ2) is 5.46. The lowest BCUT2D eigenvalue weighted by Gasteiger charge is -2.18. The number of aromatic amines is 1. The lowest BCUT2D eigenvalue weighted by atomic mass is 10.1. The lowest BCUT2D eigenvalue weighted by molar-refractivity contribution is -0.119. The van der Waals surface area contributed by atoms with Gasteiger partial charge in [0.1, 0.15) is 12.2 Å². The van der Waals surface area contributed by atoms with Gasteiger partial charge in [0.05, 0.1) is 0 Å². The summed E-state index contributed by atoms with van der Waals surface area (Å²) in [6.07, 6.45) is -1.36. The van der Waals surface area contributed by atoms with E-state index in [0.717, 1.165) is 6.07 Å². The molecule has 0 saturated heterocycles. The summed E-state index contributed by atoms with van der Waals surface area (Å²) in [6, 6.07) is 1.06. The van der Waals surface area contributed by atoms with E-state index in [1.165, 1.54) is 13.1 Å². The van der Waals surface area contributed by atoms with Gasteiger partial charge in [-0.05, 0) is 6.07 Å². The molecule has 5 N–H and O–H groups in total. The van der Waals surface area contributed by atoms with E-state index in [2.05, 4.69) is 10.3 Å². The van der Waals surface area contributed by atoms with Crippen LogP contribution in [0.3, 0.4) is 0 Å². The third-order valence-corrected chi connectivity index (χ3v) is 2.17. The van der Waals surface area contributed by atoms with Crippen LogP contribution >= 0.6 is 0 Å². The smallest absolute Gasteiger partial charge is 0.290 e. The summed E-state index contributed by atoms with van der Waals surface area (Å²) in [6.45, 7) is 1.15. The number of aromatic hydroxyl groups is 1. The topological polar surface area (TPSA) is 123 Å². The van der Waals surface area contributed by atoms with E-state index in [-0.39, 0.29) is 18.0 Å². The fourth-order valence-electron chi connectivity index (χ4n) is 1.24. The van der Waals surface area contributed by atoms with Crippen molar-refractivity contribution in [1.82, 2.24) is 10.3 Å². The predicted octanol–water partition coefficient (Wildman–Crippen LogP) is -1.39. The summed E-state index contributed by atoms with van der Waals surface area (Å²) in [5.74, 6) is -0.881. The largest absolute Gasteiger partial charge is 0.503 e. The zero-order valence-electron chi connectivity index (χ0n) is 9.17. The Labute approximate surface area is 96.7 Å². The van der Waals surface area contributed by atoms with Gasteiger partial charge in [0.15, 0.2) is 5.75 Å². The molecule has 1 aromatic rings. The highest BCUT2D eigenvalue weighted by Crippen LogP contribution is 2.17. The molecule has 7 heteroatoms. The standard InChI is InChI=1S/C10H14N2O5/c1-5(13)11-4-8(15)9(16)6-2-7(14)10(17)12-3-6/h2-3,8-9,14-16H,4H2,1H3,(H,11,13)(H,12,17). The Morgan fingerprint density at radius 1 is 1.53 bits per heavy atom. The van der Waals surface area contributed by atoms with Crippen molar-refractivity contribution in [2.24, 2.45) is 0 Å². The molecule has 1 heterocycles. The van der Waals surface area contributed by atoms with Crippen molar-refractivity contribution in [3.63, 3.8) is 0 Å². The van der Waals surface area contributed by atoms with Crippen LogP contribution < -0.4 is 10.9 Å². The van der Waals surface area contributed by atoms with Gasteiger partial charge in [0.2, 0.25) is 5.91 Å². The van der Waals surface area contributed by atoms with Crippen molar-refractivity contribution in [2.45, 2.75) is 19.1 Å².